The van der Waals surface area contributed by atoms with E-state index in [1.165, 1.54) is 0 Å². The second kappa shape index (κ2) is 8.10. The normalized spacial score (nSPS) is 23.9. The zero-order valence-electron chi connectivity index (χ0n) is 17.6. The predicted octanol–water partition coefficient (Wildman–Crippen LogP) is 2.92. The third-order valence-corrected chi connectivity index (χ3v) is 6.20. The topological polar surface area (TPSA) is 111 Å². The molecular formula is C22H28N4O4. The van der Waals surface area contributed by atoms with Gasteiger partial charge >= 0.3 is 0 Å². The average Bonchev–Trinajstić information content (AvgIpc) is 3.41. The highest BCUT2D eigenvalue weighted by atomic mass is 16.5. The van der Waals surface area contributed by atoms with Gasteiger partial charge in [0.1, 0.15) is 11.8 Å². The van der Waals surface area contributed by atoms with E-state index in [-0.39, 0.29) is 18.1 Å². The van der Waals surface area contributed by atoms with Crippen molar-refractivity contribution in [3.05, 3.63) is 29.7 Å². The van der Waals surface area contributed by atoms with E-state index in [0.717, 1.165) is 41.8 Å². The fraction of sp³-hybridized carbons (Fsp3) is 0.500. The molecule has 2 fully saturated rings. The number of aromatic nitrogens is 1. The first-order valence-electron chi connectivity index (χ1n) is 10.4. The molecule has 0 spiro atoms. The van der Waals surface area contributed by atoms with Crippen LogP contribution in [0.2, 0.25) is 0 Å². The first-order chi connectivity index (χ1) is 14.4. The minimum atomic E-state index is -0.645. The van der Waals surface area contributed by atoms with Gasteiger partial charge in [-0.1, -0.05) is 11.2 Å². The van der Waals surface area contributed by atoms with Gasteiger partial charge in [-0.3, -0.25) is 14.5 Å². The van der Waals surface area contributed by atoms with Crippen LogP contribution in [0.3, 0.4) is 0 Å². The van der Waals surface area contributed by atoms with Crippen LogP contribution in [0.15, 0.2) is 22.7 Å². The van der Waals surface area contributed by atoms with Crippen LogP contribution in [0.4, 0.5) is 11.4 Å². The molecule has 1 aromatic heterocycles. The first-order valence-corrected chi connectivity index (χ1v) is 10.4. The molecule has 3 atom stereocenters. The lowest BCUT2D eigenvalue weighted by Crippen LogP contribution is -2.42. The van der Waals surface area contributed by atoms with Crippen LogP contribution in [-0.2, 0) is 14.3 Å². The lowest BCUT2D eigenvalue weighted by atomic mass is 10.0. The number of anilines is 2. The molecule has 2 aromatic rings. The van der Waals surface area contributed by atoms with Crippen LogP contribution < -0.4 is 16.0 Å². The van der Waals surface area contributed by atoms with Crippen molar-refractivity contribution in [3.63, 3.8) is 0 Å². The number of nitrogens with two attached hydrogens (primary N) is 1. The third kappa shape index (κ3) is 3.67. The van der Waals surface area contributed by atoms with Gasteiger partial charge in [-0.05, 0) is 57.2 Å². The zero-order valence-corrected chi connectivity index (χ0v) is 17.6. The number of nitrogens with one attached hydrogen (secondary N) is 1. The van der Waals surface area contributed by atoms with E-state index in [4.69, 9.17) is 15.0 Å². The molecule has 8 heteroatoms. The fourth-order valence-corrected chi connectivity index (χ4v) is 4.66. The van der Waals surface area contributed by atoms with E-state index in [0.29, 0.717) is 24.3 Å². The lowest BCUT2D eigenvalue weighted by molar-refractivity contribution is -0.121. The van der Waals surface area contributed by atoms with Crippen LogP contribution >= 0.6 is 0 Å². The van der Waals surface area contributed by atoms with Crippen molar-refractivity contribution >= 4 is 23.2 Å². The number of hydrogen-bond acceptors (Lipinski definition) is 6. The zero-order chi connectivity index (χ0) is 21.4. The first kappa shape index (κ1) is 20.4. The van der Waals surface area contributed by atoms with Gasteiger partial charge in [0, 0.05) is 25.1 Å². The molecule has 2 aliphatic rings. The highest BCUT2D eigenvalue weighted by Gasteiger charge is 2.38. The van der Waals surface area contributed by atoms with Crippen LogP contribution in [0.25, 0.3) is 11.1 Å². The summed E-state index contributed by atoms with van der Waals surface area (Å²) in [7, 11) is 1.73. The highest BCUT2D eigenvalue weighted by molar-refractivity contribution is 6.06. The van der Waals surface area contributed by atoms with Gasteiger partial charge in [0.2, 0.25) is 11.8 Å². The van der Waals surface area contributed by atoms with Crippen LogP contribution in [0, 0.1) is 13.8 Å². The summed E-state index contributed by atoms with van der Waals surface area (Å²) in [6, 6.07) is 5.47. The van der Waals surface area contributed by atoms with E-state index < -0.39 is 11.9 Å². The number of hydrogen-bond donors (Lipinski definition) is 2. The molecule has 1 aliphatic carbocycles. The second-order valence-electron chi connectivity index (χ2n) is 8.16. The van der Waals surface area contributed by atoms with E-state index in [1.807, 2.05) is 32.0 Å². The fourth-order valence-electron chi connectivity index (χ4n) is 4.66. The Kier molecular flexibility index (Phi) is 5.51. The Labute approximate surface area is 175 Å². The summed E-state index contributed by atoms with van der Waals surface area (Å²) >= 11 is 0. The number of rotatable bonds is 6. The largest absolute Gasteiger partial charge is 0.381 e. The van der Waals surface area contributed by atoms with Gasteiger partial charge < -0.3 is 20.3 Å². The van der Waals surface area contributed by atoms with Gasteiger partial charge in [-0.2, -0.15) is 0 Å². The number of nitrogens with zero attached hydrogens (tertiary/aromatic N) is 2. The number of carbonyl (C=O) groups is 2. The summed E-state index contributed by atoms with van der Waals surface area (Å²) < 4.78 is 10.8. The molecule has 2 heterocycles. The molecule has 0 bridgehead atoms. The molecule has 0 unspecified atom stereocenters. The standard InChI is InChI=1S/C22H28N4O4/c1-12-21(13(2)30-25-12)14-4-7-17(24-15-5-6-16(11-15)29-3)19(10-14)26-18(22(23)28)8-9-20(26)27/h4,7,10,15-16,18,24H,5-6,8-9,11H2,1-3H3,(H2,23,28)/t15-,16-,18+/m1/s1. The highest BCUT2D eigenvalue weighted by Crippen LogP contribution is 2.39. The van der Waals surface area contributed by atoms with Crippen LogP contribution in [0.5, 0.6) is 0 Å². The van der Waals surface area contributed by atoms with Gasteiger partial charge in [-0.25, -0.2) is 0 Å². The Bertz CT molecular complexity index is 951. The molecule has 3 N–H and O–H groups in total. The molecule has 4 rings (SSSR count). The quantitative estimate of drug-likeness (QED) is 0.755. The summed E-state index contributed by atoms with van der Waals surface area (Å²) in [6.07, 6.45) is 3.84. The Morgan fingerprint density at radius 3 is 2.73 bits per heavy atom. The Morgan fingerprint density at radius 2 is 2.10 bits per heavy atom. The van der Waals surface area contributed by atoms with Crippen molar-refractivity contribution < 1.29 is 18.8 Å². The molecule has 30 heavy (non-hydrogen) atoms. The Hall–Kier alpha value is -2.87. The minimum absolute atomic E-state index is 0.0982. The molecule has 1 aromatic carbocycles. The minimum Gasteiger partial charge on any atom is -0.381 e. The maximum Gasteiger partial charge on any atom is 0.240 e. The van der Waals surface area contributed by atoms with Gasteiger partial charge in [-0.15, -0.1) is 0 Å². The number of carbonyl (C=O) groups excluding carboxylic acids is 2. The Balaban J connectivity index is 1.76. The molecule has 2 amide bonds. The van der Waals surface area contributed by atoms with Gasteiger partial charge in [0.25, 0.3) is 0 Å². The van der Waals surface area contributed by atoms with Crippen LogP contribution in [0.1, 0.15) is 43.6 Å². The third-order valence-electron chi connectivity index (χ3n) is 6.20. The molecule has 1 aliphatic heterocycles. The number of methoxy groups -OCH3 is 1. The van der Waals surface area contributed by atoms with Crippen LogP contribution in [-0.4, -0.2) is 42.3 Å². The molecular weight excluding hydrogens is 384 g/mol. The van der Waals surface area contributed by atoms with Gasteiger partial charge in [0.15, 0.2) is 0 Å². The molecule has 8 nitrogen and oxygen atoms in total. The van der Waals surface area contributed by atoms with Crippen molar-refractivity contribution in [1.82, 2.24) is 5.16 Å². The maximum atomic E-state index is 12.7. The molecule has 160 valence electrons. The molecule has 1 saturated heterocycles. The summed E-state index contributed by atoms with van der Waals surface area (Å²) in [5.74, 6) is 0.117. The number of benzene rings is 1. The predicted molar refractivity (Wildman–Crippen MR) is 113 cm³/mol. The van der Waals surface area contributed by atoms with E-state index in [1.54, 1.807) is 12.0 Å². The number of ether oxygens (including phenoxy) is 1. The number of amides is 2. The summed E-state index contributed by atoms with van der Waals surface area (Å²) in [6.45, 7) is 3.74. The van der Waals surface area contributed by atoms with E-state index >= 15 is 0 Å². The summed E-state index contributed by atoms with van der Waals surface area (Å²) in [4.78, 5) is 26.4. The van der Waals surface area contributed by atoms with Crippen molar-refractivity contribution in [1.29, 1.82) is 0 Å². The van der Waals surface area contributed by atoms with E-state index in [2.05, 4.69) is 10.5 Å². The monoisotopic (exact) mass is 412 g/mol. The average molecular weight is 412 g/mol. The molecule has 0 radical (unpaired) electrons. The second-order valence-corrected chi connectivity index (χ2v) is 8.16. The Morgan fingerprint density at radius 1 is 1.30 bits per heavy atom. The lowest BCUT2D eigenvalue weighted by Gasteiger charge is -2.27. The smallest absolute Gasteiger partial charge is 0.240 e. The van der Waals surface area contributed by atoms with Gasteiger partial charge in [0.05, 0.1) is 23.2 Å². The number of aryl methyl sites for hydroxylation is 2. The summed E-state index contributed by atoms with van der Waals surface area (Å²) in [5.41, 5.74) is 9.66. The maximum absolute atomic E-state index is 12.7. The van der Waals surface area contributed by atoms with E-state index in [9.17, 15) is 9.59 Å². The summed E-state index contributed by atoms with van der Waals surface area (Å²) in [5, 5.41) is 7.61. The van der Waals surface area contributed by atoms with Crippen molar-refractivity contribution in [2.75, 3.05) is 17.3 Å². The number of primary amides is 1. The van der Waals surface area contributed by atoms with Crippen molar-refractivity contribution in [2.45, 2.75) is 64.1 Å². The van der Waals surface area contributed by atoms with Crippen molar-refractivity contribution in [2.24, 2.45) is 5.73 Å². The molecule has 1 saturated carbocycles. The van der Waals surface area contributed by atoms with Crippen molar-refractivity contribution in [3.8, 4) is 11.1 Å². The SMILES string of the molecule is CO[C@@H]1CC[C@@H](Nc2ccc(-c3c(C)noc3C)cc2N2C(=O)CC[C@H]2C(N)=O)C1.